The summed E-state index contributed by atoms with van der Waals surface area (Å²) >= 11 is 6.37. The predicted molar refractivity (Wildman–Crippen MR) is 150 cm³/mol. The van der Waals surface area contributed by atoms with E-state index < -0.39 is 35.0 Å². The van der Waals surface area contributed by atoms with Gasteiger partial charge in [0.25, 0.3) is 17.4 Å². The molecular weight excluding hydrogens is 600 g/mol. The number of anilines is 1. The van der Waals surface area contributed by atoms with Crippen LogP contribution >= 0.6 is 11.6 Å². The van der Waals surface area contributed by atoms with Gasteiger partial charge in [-0.3, -0.25) is 9.59 Å². The molecule has 0 saturated carbocycles. The second kappa shape index (κ2) is 12.6. The van der Waals surface area contributed by atoms with Crippen LogP contribution < -0.4 is 4.90 Å². The van der Waals surface area contributed by atoms with Gasteiger partial charge in [0.2, 0.25) is 0 Å². The molecule has 4 rings (SSSR count). The molecule has 2 amide bonds. The van der Waals surface area contributed by atoms with E-state index in [1.54, 1.807) is 26.2 Å². The number of hydrogen-bond acceptors (Lipinski definition) is 4. The molecule has 0 spiro atoms. The van der Waals surface area contributed by atoms with Crippen LogP contribution in [0.2, 0.25) is 5.02 Å². The molecule has 0 radical (unpaired) electrons. The molecule has 13 heteroatoms. The van der Waals surface area contributed by atoms with E-state index in [1.807, 2.05) is 6.07 Å². The van der Waals surface area contributed by atoms with E-state index in [0.29, 0.717) is 41.5 Å². The molecule has 0 bridgehead atoms. The van der Waals surface area contributed by atoms with Crippen molar-refractivity contribution in [3.05, 3.63) is 64.2 Å². The normalized spacial score (nSPS) is 18.8. The first-order valence-electron chi connectivity index (χ1n) is 14.0. The number of carbonyl (C=O) groups excluding carboxylic acids is 2. The number of likely N-dealkylation sites (tertiary alicyclic amines) is 1. The molecule has 0 aliphatic carbocycles. The Labute approximate surface area is 251 Å². The number of benzene rings is 2. The van der Waals surface area contributed by atoms with Crippen molar-refractivity contribution in [3.8, 4) is 0 Å². The highest BCUT2D eigenvalue weighted by atomic mass is 35.5. The zero-order valence-electron chi connectivity index (χ0n) is 23.8. The molecule has 2 saturated heterocycles. The van der Waals surface area contributed by atoms with Crippen molar-refractivity contribution in [1.82, 2.24) is 9.80 Å². The lowest BCUT2D eigenvalue weighted by atomic mass is 9.82. The van der Waals surface area contributed by atoms with Crippen molar-refractivity contribution < 1.29 is 41.0 Å². The number of amides is 2. The van der Waals surface area contributed by atoms with Crippen molar-refractivity contribution in [2.24, 2.45) is 11.8 Å². The number of alkyl halides is 6. The molecule has 2 aliphatic heterocycles. The van der Waals surface area contributed by atoms with E-state index in [2.05, 4.69) is 4.90 Å². The molecule has 1 atom stereocenters. The Balaban J connectivity index is 1.33. The van der Waals surface area contributed by atoms with E-state index in [9.17, 15) is 41.0 Å². The monoisotopic (exact) mass is 633 g/mol. The van der Waals surface area contributed by atoms with Crippen LogP contribution in [0.25, 0.3) is 0 Å². The Hall–Kier alpha value is -2.99. The summed E-state index contributed by atoms with van der Waals surface area (Å²) < 4.78 is 81.7. The maximum absolute atomic E-state index is 14.1. The van der Waals surface area contributed by atoms with Gasteiger partial charge in [0.15, 0.2) is 0 Å². The quantitative estimate of drug-likeness (QED) is 0.377. The molecule has 2 fully saturated rings. The van der Waals surface area contributed by atoms with Crippen LogP contribution in [0.3, 0.4) is 0 Å². The van der Waals surface area contributed by atoms with Gasteiger partial charge in [-0.05, 0) is 74.3 Å². The smallest absolute Gasteiger partial charge is 0.371 e. The number of halogens is 7. The fourth-order valence-corrected chi connectivity index (χ4v) is 6.20. The van der Waals surface area contributed by atoms with Crippen molar-refractivity contribution in [2.75, 3.05) is 45.2 Å². The number of piperidine rings is 2. The SMILES string of the molecule is CN(C)C(=O)c1ccc(N2CCC(CC3CCN(C(=O)[C@](O)(c4cccc(C(F)(F)F)c4)C(F)(F)F)CC3)CC2)cc1Cl. The summed E-state index contributed by atoms with van der Waals surface area (Å²) in [6, 6.07) is 7.56. The number of carbonyl (C=O) groups is 2. The van der Waals surface area contributed by atoms with E-state index in [4.69, 9.17) is 11.6 Å². The molecule has 2 aliphatic rings. The Kier molecular flexibility index (Phi) is 9.61. The topological polar surface area (TPSA) is 64.1 Å². The van der Waals surface area contributed by atoms with Crippen LogP contribution in [0.5, 0.6) is 0 Å². The first kappa shape index (κ1) is 32.9. The van der Waals surface area contributed by atoms with Gasteiger partial charge in [-0.2, -0.15) is 26.3 Å². The third kappa shape index (κ3) is 7.06. The molecule has 2 heterocycles. The summed E-state index contributed by atoms with van der Waals surface area (Å²) in [7, 11) is 3.31. The second-order valence-electron chi connectivity index (χ2n) is 11.6. The summed E-state index contributed by atoms with van der Waals surface area (Å²) in [6.45, 7) is 1.48. The first-order chi connectivity index (χ1) is 20.0. The third-order valence-corrected chi connectivity index (χ3v) is 8.78. The molecule has 2 aromatic carbocycles. The zero-order valence-corrected chi connectivity index (χ0v) is 24.6. The van der Waals surface area contributed by atoms with E-state index in [0.717, 1.165) is 49.0 Å². The van der Waals surface area contributed by atoms with Crippen LogP contribution in [0, 0.1) is 11.8 Å². The van der Waals surface area contributed by atoms with Crippen LogP contribution in [0.4, 0.5) is 32.0 Å². The molecule has 0 unspecified atom stereocenters. The van der Waals surface area contributed by atoms with E-state index in [1.165, 1.54) is 4.90 Å². The highest BCUT2D eigenvalue weighted by Crippen LogP contribution is 2.43. The fourth-order valence-electron chi connectivity index (χ4n) is 5.94. The third-order valence-electron chi connectivity index (χ3n) is 8.46. The maximum Gasteiger partial charge on any atom is 0.430 e. The Morgan fingerprint density at radius 2 is 1.44 bits per heavy atom. The van der Waals surface area contributed by atoms with Gasteiger partial charge < -0.3 is 19.8 Å². The molecule has 0 aromatic heterocycles. The summed E-state index contributed by atoms with van der Waals surface area (Å²) in [5.41, 5.74) is -5.28. The number of rotatable bonds is 6. The van der Waals surface area contributed by atoms with Gasteiger partial charge in [0, 0.05) is 51.5 Å². The van der Waals surface area contributed by atoms with Crippen molar-refractivity contribution in [2.45, 2.75) is 50.1 Å². The fraction of sp³-hybridized carbons (Fsp3) is 0.533. The zero-order chi connectivity index (χ0) is 31.7. The average Bonchev–Trinajstić information content (AvgIpc) is 2.95. The summed E-state index contributed by atoms with van der Waals surface area (Å²) in [5, 5.41) is 11.0. The lowest BCUT2D eigenvalue weighted by Gasteiger charge is -2.40. The van der Waals surface area contributed by atoms with Crippen LogP contribution in [0.15, 0.2) is 42.5 Å². The van der Waals surface area contributed by atoms with Crippen molar-refractivity contribution >= 4 is 29.1 Å². The Bertz CT molecular complexity index is 1320. The second-order valence-corrected chi connectivity index (χ2v) is 12.0. The van der Waals surface area contributed by atoms with E-state index in [-0.39, 0.29) is 31.0 Å². The standard InChI is InChI=1S/C30H34ClF6N3O3/c1-38(2)26(41)24-7-6-23(18-25(24)31)39-12-8-19(9-13-39)16-20-10-14-40(15-11-20)27(42)28(43,30(35,36)37)21-4-3-5-22(17-21)29(32,33)34/h3-7,17-20,43H,8-16H2,1-2H3/t28-/m1/s1. The molecule has 43 heavy (non-hydrogen) atoms. The molecule has 1 N–H and O–H groups in total. The lowest BCUT2D eigenvalue weighted by molar-refractivity contribution is -0.262. The predicted octanol–water partition coefficient (Wildman–Crippen LogP) is 6.36. The van der Waals surface area contributed by atoms with Gasteiger partial charge in [-0.25, -0.2) is 0 Å². The molecule has 2 aromatic rings. The van der Waals surface area contributed by atoms with Crippen LogP contribution in [-0.2, 0) is 16.6 Å². The first-order valence-corrected chi connectivity index (χ1v) is 14.4. The largest absolute Gasteiger partial charge is 0.430 e. The summed E-state index contributed by atoms with van der Waals surface area (Å²) in [4.78, 5) is 29.9. The maximum atomic E-state index is 14.1. The minimum atomic E-state index is -5.52. The van der Waals surface area contributed by atoms with Crippen LogP contribution in [-0.4, -0.2) is 73.2 Å². The van der Waals surface area contributed by atoms with Gasteiger partial charge >= 0.3 is 12.4 Å². The van der Waals surface area contributed by atoms with Gasteiger partial charge in [-0.15, -0.1) is 0 Å². The number of aliphatic hydroxyl groups is 1. The van der Waals surface area contributed by atoms with Crippen LogP contribution in [0.1, 0.15) is 53.6 Å². The van der Waals surface area contributed by atoms with Gasteiger partial charge in [-0.1, -0.05) is 23.7 Å². The van der Waals surface area contributed by atoms with Crippen molar-refractivity contribution in [1.29, 1.82) is 0 Å². The summed E-state index contributed by atoms with van der Waals surface area (Å²) in [6.07, 6.45) is -6.99. The average molecular weight is 634 g/mol. The van der Waals surface area contributed by atoms with E-state index >= 15 is 0 Å². The van der Waals surface area contributed by atoms with Gasteiger partial charge in [0.05, 0.1) is 16.1 Å². The minimum absolute atomic E-state index is 0.0315. The number of nitrogens with zero attached hydrogens (tertiary/aromatic N) is 3. The number of hydrogen-bond donors (Lipinski definition) is 1. The highest BCUT2D eigenvalue weighted by molar-refractivity contribution is 6.34. The lowest BCUT2D eigenvalue weighted by Crippen LogP contribution is -2.57. The Morgan fingerprint density at radius 3 is 1.95 bits per heavy atom. The molecule has 236 valence electrons. The summed E-state index contributed by atoms with van der Waals surface area (Å²) in [5.74, 6) is -1.30. The minimum Gasteiger partial charge on any atom is -0.371 e. The van der Waals surface area contributed by atoms with Gasteiger partial charge in [0.1, 0.15) is 0 Å². The highest BCUT2D eigenvalue weighted by Gasteiger charge is 2.62. The van der Waals surface area contributed by atoms with Crippen molar-refractivity contribution in [3.63, 3.8) is 0 Å². The Morgan fingerprint density at radius 1 is 0.884 bits per heavy atom. The molecular formula is C30H34ClF6N3O3. The molecule has 6 nitrogen and oxygen atoms in total.